The maximum atomic E-state index is 5.53. The van der Waals surface area contributed by atoms with Gasteiger partial charge in [0.15, 0.2) is 0 Å². The van der Waals surface area contributed by atoms with Crippen LogP contribution in [0, 0.1) is 0 Å². The molecule has 0 saturated heterocycles. The molecule has 2 aromatic rings. The third-order valence-electron chi connectivity index (χ3n) is 3.74. The molecule has 0 aliphatic rings. The number of alkyl halides is 1. The summed E-state index contributed by atoms with van der Waals surface area (Å²) in [6, 6.07) is 12.8. The van der Waals surface area contributed by atoms with Crippen LogP contribution in [0.1, 0.15) is 43.0 Å². The molecular weight excluding hydrogens is 352 g/mol. The predicted octanol–water partition coefficient (Wildman–Crippen LogP) is 4.77. The predicted molar refractivity (Wildman–Crippen MR) is 98.4 cm³/mol. The Morgan fingerprint density at radius 3 is 2.22 bits per heavy atom. The Kier molecular flexibility index (Phi) is 8.08. The van der Waals surface area contributed by atoms with Crippen LogP contribution in [0.15, 0.2) is 36.4 Å². The van der Waals surface area contributed by atoms with E-state index in [4.69, 9.17) is 4.74 Å². The van der Waals surface area contributed by atoms with Crippen molar-refractivity contribution in [3.05, 3.63) is 53.2 Å². The van der Waals surface area contributed by atoms with Gasteiger partial charge in [0.05, 0.1) is 12.3 Å². The van der Waals surface area contributed by atoms with Gasteiger partial charge in [0.2, 0.25) is 5.88 Å². The average Bonchev–Trinajstić information content (AvgIpc) is 2.60. The van der Waals surface area contributed by atoms with Crippen LogP contribution >= 0.6 is 15.9 Å². The van der Waals surface area contributed by atoms with E-state index in [-0.39, 0.29) is 0 Å². The molecule has 1 aromatic heterocycles. The fourth-order valence-corrected chi connectivity index (χ4v) is 2.58. The van der Waals surface area contributed by atoms with Crippen molar-refractivity contribution < 1.29 is 4.74 Å². The van der Waals surface area contributed by atoms with Crippen molar-refractivity contribution in [2.24, 2.45) is 0 Å². The van der Waals surface area contributed by atoms with E-state index < -0.39 is 0 Å². The Morgan fingerprint density at radius 2 is 1.61 bits per heavy atom. The topological polar surface area (TPSA) is 35.0 Å². The molecule has 124 valence electrons. The van der Waals surface area contributed by atoms with E-state index >= 15 is 0 Å². The summed E-state index contributed by atoms with van der Waals surface area (Å²) in [5, 5.41) is 9.45. The first-order valence-corrected chi connectivity index (χ1v) is 9.53. The minimum atomic E-state index is 0.623. The van der Waals surface area contributed by atoms with Gasteiger partial charge in [-0.1, -0.05) is 53.5 Å². The fourth-order valence-electron chi connectivity index (χ4n) is 2.29. The summed E-state index contributed by atoms with van der Waals surface area (Å²) < 4.78 is 5.53. The number of hydrogen-bond acceptors (Lipinski definition) is 3. The molecule has 23 heavy (non-hydrogen) atoms. The highest BCUT2D eigenvalue weighted by molar-refractivity contribution is 9.09. The molecule has 0 aliphatic carbocycles. The summed E-state index contributed by atoms with van der Waals surface area (Å²) in [7, 11) is 0. The first-order valence-electron chi connectivity index (χ1n) is 8.41. The zero-order valence-corrected chi connectivity index (χ0v) is 15.4. The van der Waals surface area contributed by atoms with Gasteiger partial charge in [0.1, 0.15) is 0 Å². The Labute approximate surface area is 147 Å². The maximum absolute atomic E-state index is 5.53. The number of halogens is 1. The quantitative estimate of drug-likeness (QED) is 0.442. The van der Waals surface area contributed by atoms with Crippen LogP contribution in [0.2, 0.25) is 0 Å². The molecular formula is C19H25BrN2O. The molecule has 0 bridgehead atoms. The van der Waals surface area contributed by atoms with Crippen LogP contribution in [-0.4, -0.2) is 22.1 Å². The Balaban J connectivity index is 1.78. The molecule has 0 atom stereocenters. The maximum Gasteiger partial charge on any atom is 0.233 e. The van der Waals surface area contributed by atoms with Crippen LogP contribution in [0.4, 0.5) is 0 Å². The van der Waals surface area contributed by atoms with Crippen molar-refractivity contribution in [3.8, 4) is 5.88 Å². The van der Waals surface area contributed by atoms with Gasteiger partial charge in [-0.3, -0.25) is 0 Å². The second-order valence-corrected chi connectivity index (χ2v) is 6.47. The number of unbranched alkanes of at least 4 members (excludes halogenated alkanes) is 1. The van der Waals surface area contributed by atoms with E-state index in [1.54, 1.807) is 0 Å². The lowest BCUT2D eigenvalue weighted by molar-refractivity contribution is 0.294. The number of ether oxygens (including phenoxy) is 1. The third kappa shape index (κ3) is 6.69. The van der Waals surface area contributed by atoms with Crippen molar-refractivity contribution in [2.45, 2.75) is 45.4 Å². The van der Waals surface area contributed by atoms with Gasteiger partial charge >= 0.3 is 0 Å². The Morgan fingerprint density at radius 1 is 0.870 bits per heavy atom. The molecule has 0 radical (unpaired) electrons. The lowest BCUT2D eigenvalue weighted by atomic mass is 10.0. The minimum Gasteiger partial charge on any atom is -0.477 e. The van der Waals surface area contributed by atoms with Gasteiger partial charge in [-0.15, -0.1) is 5.10 Å². The van der Waals surface area contributed by atoms with Gasteiger partial charge < -0.3 is 4.74 Å². The highest BCUT2D eigenvalue weighted by Crippen LogP contribution is 2.11. The van der Waals surface area contributed by atoms with E-state index in [2.05, 4.69) is 57.3 Å². The van der Waals surface area contributed by atoms with Gasteiger partial charge in [0, 0.05) is 11.4 Å². The van der Waals surface area contributed by atoms with Gasteiger partial charge in [-0.2, -0.15) is 5.10 Å². The van der Waals surface area contributed by atoms with E-state index in [9.17, 15) is 0 Å². The van der Waals surface area contributed by atoms with Crippen LogP contribution in [0.5, 0.6) is 5.88 Å². The molecule has 0 fully saturated rings. The fraction of sp³-hybridized carbons (Fsp3) is 0.474. The number of nitrogens with zero attached hydrogens (tertiary/aromatic N) is 2. The minimum absolute atomic E-state index is 0.623. The Bertz CT molecular complexity index is 555. The lowest BCUT2D eigenvalue weighted by Crippen LogP contribution is -2.02. The van der Waals surface area contributed by atoms with Crippen LogP contribution in [0.25, 0.3) is 0 Å². The molecule has 0 saturated carbocycles. The van der Waals surface area contributed by atoms with Crippen molar-refractivity contribution in [1.29, 1.82) is 0 Å². The highest BCUT2D eigenvalue weighted by atomic mass is 79.9. The van der Waals surface area contributed by atoms with E-state index in [0.717, 1.165) is 43.1 Å². The SMILES string of the molecule is CCCCOc1ccc(CCc2ccc(CCCBr)cc2)nn1. The summed E-state index contributed by atoms with van der Waals surface area (Å²) in [5.41, 5.74) is 3.76. The molecule has 1 aromatic carbocycles. The smallest absolute Gasteiger partial charge is 0.233 e. The largest absolute Gasteiger partial charge is 0.477 e. The second-order valence-electron chi connectivity index (χ2n) is 5.67. The summed E-state index contributed by atoms with van der Waals surface area (Å²) in [4.78, 5) is 0. The molecule has 0 N–H and O–H groups in total. The third-order valence-corrected chi connectivity index (χ3v) is 4.30. The summed E-state index contributed by atoms with van der Waals surface area (Å²) >= 11 is 3.47. The van der Waals surface area contributed by atoms with Crippen LogP contribution < -0.4 is 4.74 Å². The summed E-state index contributed by atoms with van der Waals surface area (Å²) in [6.07, 6.45) is 6.39. The zero-order chi connectivity index (χ0) is 16.3. The normalized spacial score (nSPS) is 10.7. The van der Waals surface area contributed by atoms with Crippen LogP contribution in [0.3, 0.4) is 0 Å². The monoisotopic (exact) mass is 376 g/mol. The lowest BCUT2D eigenvalue weighted by Gasteiger charge is -2.05. The zero-order valence-electron chi connectivity index (χ0n) is 13.8. The molecule has 3 nitrogen and oxygen atoms in total. The van der Waals surface area contributed by atoms with Crippen molar-refractivity contribution in [3.63, 3.8) is 0 Å². The number of aromatic nitrogens is 2. The first kappa shape index (κ1) is 17.9. The van der Waals surface area contributed by atoms with E-state index in [1.807, 2.05) is 12.1 Å². The molecule has 1 heterocycles. The van der Waals surface area contributed by atoms with Crippen LogP contribution in [-0.2, 0) is 19.3 Å². The first-order chi connectivity index (χ1) is 11.3. The summed E-state index contributed by atoms with van der Waals surface area (Å²) in [6.45, 7) is 2.86. The number of aryl methyl sites for hydroxylation is 3. The highest BCUT2D eigenvalue weighted by Gasteiger charge is 2.01. The standard InChI is InChI=1S/C19H25BrN2O/c1-2-3-15-23-19-13-12-18(21-22-19)11-10-17-8-6-16(7-9-17)5-4-14-20/h6-9,12-13H,2-5,10-11,14-15H2,1H3. The molecule has 0 unspecified atom stereocenters. The number of rotatable bonds is 10. The molecule has 0 spiro atoms. The molecule has 4 heteroatoms. The van der Waals surface area contributed by atoms with Gasteiger partial charge in [0.25, 0.3) is 0 Å². The molecule has 0 amide bonds. The average molecular weight is 377 g/mol. The number of hydrogen-bond donors (Lipinski definition) is 0. The Hall–Kier alpha value is -1.42. The summed E-state index contributed by atoms with van der Waals surface area (Å²) in [5.74, 6) is 0.623. The van der Waals surface area contributed by atoms with Gasteiger partial charge in [-0.25, -0.2) is 0 Å². The molecule has 0 aliphatic heterocycles. The molecule has 2 rings (SSSR count). The van der Waals surface area contributed by atoms with E-state index in [1.165, 1.54) is 17.5 Å². The second kappa shape index (κ2) is 10.4. The van der Waals surface area contributed by atoms with Crippen molar-refractivity contribution >= 4 is 15.9 Å². The van der Waals surface area contributed by atoms with Crippen molar-refractivity contribution in [1.82, 2.24) is 10.2 Å². The van der Waals surface area contributed by atoms with Gasteiger partial charge in [-0.05, 0) is 49.3 Å². The van der Waals surface area contributed by atoms with Crippen molar-refractivity contribution in [2.75, 3.05) is 11.9 Å². The van der Waals surface area contributed by atoms with E-state index in [0.29, 0.717) is 12.5 Å². The number of benzene rings is 1.